The molecule has 0 nitrogen and oxygen atoms in total. The average molecular weight is 813 g/mol. The minimum atomic E-state index is 0.473. The van der Waals surface area contributed by atoms with Gasteiger partial charge < -0.3 is 0 Å². The standard InChI is InChI=1S/3C16H18.C14H14/c1-12-9-10-13(2)16(11-12)14(3)15-7-5-4-6-8-15;1-3-14-9-7-8-12-16(14)13(2)15-10-5-4-6-11-15;1-3-14-9-11-16(12-10-14)13(2)15-7-5-4-6-8-15;1-12-7-9-14(10-8-12)11-13-5-3-2-4-6-13/h4-11,14H,1-3H3;2*4-13H,3H2,1-2H3;2-10H,11H2,1H3. The molecule has 0 fully saturated rings. The molecule has 0 spiro atoms. The fourth-order valence-corrected chi connectivity index (χ4v) is 7.86. The van der Waals surface area contributed by atoms with Crippen LogP contribution in [0.4, 0.5) is 0 Å². The molecule has 0 aliphatic carbocycles. The van der Waals surface area contributed by atoms with Crippen molar-refractivity contribution in [3.05, 3.63) is 285 Å². The van der Waals surface area contributed by atoms with Crippen LogP contribution < -0.4 is 0 Å². The van der Waals surface area contributed by atoms with Crippen LogP contribution in [0.25, 0.3) is 0 Å². The van der Waals surface area contributed by atoms with Gasteiger partial charge in [-0.2, -0.15) is 0 Å². The fraction of sp³-hybridized carbons (Fsp3) is 0.226. The molecule has 0 radical (unpaired) electrons. The lowest BCUT2D eigenvalue weighted by Crippen LogP contribution is -1.99. The monoisotopic (exact) mass is 813 g/mol. The Balaban J connectivity index is 0.000000156. The highest BCUT2D eigenvalue weighted by atomic mass is 14.2. The Bertz CT molecular complexity index is 2430. The van der Waals surface area contributed by atoms with Gasteiger partial charge in [-0.15, -0.1) is 0 Å². The lowest BCUT2D eigenvalue weighted by Gasteiger charge is -2.16. The van der Waals surface area contributed by atoms with E-state index in [2.05, 4.69) is 268 Å². The average Bonchev–Trinajstić information content (AvgIpc) is 3.34. The Kier molecular flexibility index (Phi) is 18.8. The van der Waals surface area contributed by atoms with Crippen LogP contribution in [0.15, 0.2) is 212 Å². The third-order valence-corrected chi connectivity index (χ3v) is 12.0. The van der Waals surface area contributed by atoms with E-state index in [9.17, 15) is 0 Å². The Labute approximate surface area is 375 Å². The van der Waals surface area contributed by atoms with Crippen molar-refractivity contribution in [2.75, 3.05) is 0 Å². The summed E-state index contributed by atoms with van der Waals surface area (Å²) in [5, 5.41) is 0. The smallest absolute Gasteiger partial charge is 0.00637 e. The first kappa shape index (κ1) is 46.8. The van der Waals surface area contributed by atoms with Crippen molar-refractivity contribution in [2.24, 2.45) is 0 Å². The maximum Gasteiger partial charge on any atom is 0.00637 e. The molecule has 8 aromatic carbocycles. The van der Waals surface area contributed by atoms with Gasteiger partial charge in [-0.25, -0.2) is 0 Å². The highest BCUT2D eigenvalue weighted by Crippen LogP contribution is 2.29. The molecule has 0 aliphatic heterocycles. The van der Waals surface area contributed by atoms with E-state index in [0.717, 1.165) is 19.3 Å². The van der Waals surface area contributed by atoms with E-state index >= 15 is 0 Å². The van der Waals surface area contributed by atoms with Gasteiger partial charge in [0, 0.05) is 17.8 Å². The van der Waals surface area contributed by atoms with E-state index in [1.807, 2.05) is 0 Å². The molecule has 0 bridgehead atoms. The molecule has 0 aromatic heterocycles. The van der Waals surface area contributed by atoms with E-state index in [0.29, 0.717) is 17.8 Å². The van der Waals surface area contributed by atoms with Crippen molar-refractivity contribution in [3.63, 3.8) is 0 Å². The summed E-state index contributed by atoms with van der Waals surface area (Å²) in [5.74, 6) is 1.44. The maximum absolute atomic E-state index is 2.30. The molecule has 3 unspecified atom stereocenters. The highest BCUT2D eigenvalue weighted by Gasteiger charge is 2.12. The predicted molar refractivity (Wildman–Crippen MR) is 270 cm³/mol. The second-order valence-corrected chi connectivity index (χ2v) is 16.6. The second-order valence-electron chi connectivity index (χ2n) is 16.6. The van der Waals surface area contributed by atoms with Gasteiger partial charge in [0.25, 0.3) is 0 Å². The normalized spacial score (nSPS) is 11.9. The number of rotatable bonds is 10. The Hall–Kier alpha value is -6.24. The lowest BCUT2D eigenvalue weighted by molar-refractivity contribution is 0.893. The quantitative estimate of drug-likeness (QED) is 0.129. The predicted octanol–water partition coefficient (Wildman–Crippen LogP) is 16.8. The largest absolute Gasteiger partial charge is 0.0622 e. The molecule has 8 rings (SSSR count). The van der Waals surface area contributed by atoms with Gasteiger partial charge in [-0.3, -0.25) is 0 Å². The van der Waals surface area contributed by atoms with Gasteiger partial charge >= 0.3 is 0 Å². The van der Waals surface area contributed by atoms with Gasteiger partial charge in [-0.05, 0) is 101 Å². The van der Waals surface area contributed by atoms with Gasteiger partial charge in [0.1, 0.15) is 0 Å². The molecular formula is C62H68. The van der Waals surface area contributed by atoms with E-state index in [1.54, 1.807) is 0 Å². The van der Waals surface area contributed by atoms with Crippen molar-refractivity contribution in [1.29, 1.82) is 0 Å². The first-order valence-electron chi connectivity index (χ1n) is 22.6. The zero-order valence-corrected chi connectivity index (χ0v) is 38.6. The second kappa shape index (κ2) is 24.9. The van der Waals surface area contributed by atoms with Crippen molar-refractivity contribution < 1.29 is 0 Å². The van der Waals surface area contributed by atoms with Gasteiger partial charge in [0.05, 0.1) is 0 Å². The molecule has 62 heavy (non-hydrogen) atoms. The third kappa shape index (κ3) is 14.5. The highest BCUT2D eigenvalue weighted by molar-refractivity contribution is 5.40. The van der Waals surface area contributed by atoms with Crippen LogP contribution in [0.5, 0.6) is 0 Å². The summed E-state index contributed by atoms with van der Waals surface area (Å²) >= 11 is 0. The zero-order chi connectivity index (χ0) is 44.1. The third-order valence-electron chi connectivity index (χ3n) is 12.0. The van der Waals surface area contributed by atoms with Gasteiger partial charge in [0.15, 0.2) is 0 Å². The van der Waals surface area contributed by atoms with Gasteiger partial charge in [-0.1, -0.05) is 258 Å². The summed E-state index contributed by atoms with van der Waals surface area (Å²) in [6.07, 6.45) is 3.24. The molecule has 8 aromatic rings. The first-order chi connectivity index (χ1) is 30.2. The topological polar surface area (TPSA) is 0 Å². The molecule has 0 heteroatoms. The number of hydrogen-bond donors (Lipinski definition) is 0. The minimum Gasteiger partial charge on any atom is -0.0622 e. The van der Waals surface area contributed by atoms with E-state index in [4.69, 9.17) is 0 Å². The summed E-state index contributed by atoms with van der Waals surface area (Å²) in [5.41, 5.74) is 18.1. The number of aryl methyl sites for hydroxylation is 5. The Morgan fingerprint density at radius 1 is 0.323 bits per heavy atom. The Morgan fingerprint density at radius 3 is 1.24 bits per heavy atom. The van der Waals surface area contributed by atoms with Crippen LogP contribution >= 0.6 is 0 Å². The van der Waals surface area contributed by atoms with Crippen molar-refractivity contribution in [2.45, 2.75) is 92.4 Å². The molecule has 3 atom stereocenters. The van der Waals surface area contributed by atoms with Gasteiger partial charge in [0.2, 0.25) is 0 Å². The maximum atomic E-state index is 2.30. The lowest BCUT2D eigenvalue weighted by atomic mass is 9.89. The van der Waals surface area contributed by atoms with E-state index in [-0.39, 0.29) is 0 Å². The summed E-state index contributed by atoms with van der Waals surface area (Å²) in [7, 11) is 0. The van der Waals surface area contributed by atoms with Crippen LogP contribution in [0.3, 0.4) is 0 Å². The molecule has 0 heterocycles. The molecule has 0 aliphatic rings. The first-order valence-corrected chi connectivity index (χ1v) is 22.6. The molecule has 0 saturated heterocycles. The fourth-order valence-electron chi connectivity index (χ4n) is 7.86. The summed E-state index contributed by atoms with van der Waals surface area (Å²) < 4.78 is 0. The van der Waals surface area contributed by atoms with E-state index < -0.39 is 0 Å². The molecule has 0 N–H and O–H groups in total. The van der Waals surface area contributed by atoms with Crippen molar-refractivity contribution in [1.82, 2.24) is 0 Å². The van der Waals surface area contributed by atoms with Crippen LogP contribution in [-0.4, -0.2) is 0 Å². The molecular weight excluding hydrogens is 745 g/mol. The van der Waals surface area contributed by atoms with Crippen LogP contribution in [0.2, 0.25) is 0 Å². The number of hydrogen-bond acceptors (Lipinski definition) is 0. The van der Waals surface area contributed by atoms with Crippen LogP contribution in [0, 0.1) is 20.8 Å². The summed E-state index contributed by atoms with van der Waals surface area (Å²) in [6.45, 7) is 17.7. The minimum absolute atomic E-state index is 0.473. The summed E-state index contributed by atoms with van der Waals surface area (Å²) in [4.78, 5) is 0. The van der Waals surface area contributed by atoms with Crippen LogP contribution in [0.1, 0.15) is 125 Å². The molecule has 0 amide bonds. The molecule has 0 saturated carbocycles. The zero-order valence-electron chi connectivity index (χ0n) is 38.6. The summed E-state index contributed by atoms with van der Waals surface area (Å²) in [6, 6.07) is 75.7. The van der Waals surface area contributed by atoms with Crippen molar-refractivity contribution in [3.8, 4) is 0 Å². The Morgan fingerprint density at radius 2 is 0.726 bits per heavy atom. The SMILES string of the molecule is CCc1ccc(C(C)c2ccccc2)cc1.CCc1ccccc1C(C)c1ccccc1.Cc1ccc(C)c(C(C)c2ccccc2)c1.Cc1ccc(Cc2ccccc2)cc1. The molecule has 316 valence electrons. The van der Waals surface area contributed by atoms with Crippen molar-refractivity contribution >= 4 is 0 Å². The number of benzene rings is 8. The van der Waals surface area contributed by atoms with E-state index in [1.165, 1.54) is 72.3 Å². The van der Waals surface area contributed by atoms with Crippen LogP contribution in [-0.2, 0) is 19.3 Å².